The van der Waals surface area contributed by atoms with Gasteiger partial charge in [-0.3, -0.25) is 10.00 Å². The molecule has 1 aliphatic heterocycles. The number of thiazole rings is 1. The first-order valence-electron chi connectivity index (χ1n) is 8.61. The Balaban J connectivity index is 1.54. The molecule has 0 aromatic carbocycles. The van der Waals surface area contributed by atoms with Crippen LogP contribution in [0, 0.1) is 0 Å². The number of hydrogen-bond acceptors (Lipinski definition) is 5. The lowest BCUT2D eigenvalue weighted by atomic mass is 9.92. The van der Waals surface area contributed by atoms with Crippen LogP contribution in [-0.4, -0.2) is 33.9 Å². The fourth-order valence-corrected chi connectivity index (χ4v) is 3.59. The van der Waals surface area contributed by atoms with Crippen LogP contribution in [0.1, 0.15) is 45.0 Å². The number of amides is 2. The van der Waals surface area contributed by atoms with Gasteiger partial charge in [0.2, 0.25) is 0 Å². The molecule has 25 heavy (non-hydrogen) atoms. The lowest BCUT2D eigenvalue weighted by Crippen LogP contribution is -2.29. The zero-order valence-corrected chi connectivity index (χ0v) is 16.1. The summed E-state index contributed by atoms with van der Waals surface area (Å²) in [5.74, 6) is 0.679. The minimum atomic E-state index is -0.251. The maximum atomic E-state index is 12.2. The molecule has 0 spiro atoms. The molecule has 8 heteroatoms. The maximum Gasteiger partial charge on any atom is 0.320 e. The minimum absolute atomic E-state index is 0.0548. The quantitative estimate of drug-likeness (QED) is 0.876. The van der Waals surface area contributed by atoms with Crippen molar-refractivity contribution < 1.29 is 4.79 Å². The summed E-state index contributed by atoms with van der Waals surface area (Å²) in [6.45, 7) is 8.87. The van der Waals surface area contributed by atoms with Gasteiger partial charge in [-0.25, -0.2) is 9.78 Å². The Morgan fingerprint density at radius 1 is 1.32 bits per heavy atom. The number of carbonyl (C=O) groups excluding carboxylic acids is 1. The Labute approximate surface area is 152 Å². The maximum absolute atomic E-state index is 12.2. The largest absolute Gasteiger partial charge is 0.348 e. The topological polar surface area (TPSA) is 75.1 Å². The van der Waals surface area contributed by atoms with Gasteiger partial charge in [0, 0.05) is 37.0 Å². The molecule has 3 heterocycles. The number of nitrogens with one attached hydrogen (secondary N) is 2. The van der Waals surface area contributed by atoms with E-state index in [1.165, 1.54) is 12.8 Å². The molecule has 2 N–H and O–H groups in total. The molecule has 7 nitrogen and oxygen atoms in total. The summed E-state index contributed by atoms with van der Waals surface area (Å²) in [6, 6.07) is 1.66. The van der Waals surface area contributed by atoms with Crippen LogP contribution in [0.3, 0.4) is 0 Å². The fourth-order valence-electron chi connectivity index (χ4n) is 2.71. The smallest absolute Gasteiger partial charge is 0.320 e. The molecule has 0 unspecified atom stereocenters. The van der Waals surface area contributed by atoms with E-state index in [2.05, 4.69) is 46.4 Å². The van der Waals surface area contributed by atoms with Crippen LogP contribution < -0.4 is 15.5 Å². The van der Waals surface area contributed by atoms with Gasteiger partial charge in [-0.1, -0.05) is 20.8 Å². The highest BCUT2D eigenvalue weighted by atomic mass is 32.1. The Hall–Kier alpha value is -2.09. The van der Waals surface area contributed by atoms with Gasteiger partial charge in [0.25, 0.3) is 0 Å². The second-order valence-corrected chi connectivity index (χ2v) is 8.25. The summed E-state index contributed by atoms with van der Waals surface area (Å²) in [5.41, 5.74) is 1.78. The predicted octanol–water partition coefficient (Wildman–Crippen LogP) is 3.10. The van der Waals surface area contributed by atoms with Gasteiger partial charge in [-0.2, -0.15) is 5.10 Å². The van der Waals surface area contributed by atoms with Crippen molar-refractivity contribution in [3.05, 3.63) is 22.8 Å². The van der Waals surface area contributed by atoms with Crippen molar-refractivity contribution >= 4 is 28.3 Å². The first-order valence-corrected chi connectivity index (χ1v) is 9.49. The van der Waals surface area contributed by atoms with E-state index in [1.54, 1.807) is 16.0 Å². The van der Waals surface area contributed by atoms with Crippen molar-refractivity contribution in [3.63, 3.8) is 0 Å². The molecule has 136 valence electrons. The van der Waals surface area contributed by atoms with E-state index in [0.717, 1.165) is 29.6 Å². The molecular weight excluding hydrogens is 336 g/mol. The van der Waals surface area contributed by atoms with E-state index in [0.29, 0.717) is 12.4 Å². The average Bonchev–Trinajstić information content (AvgIpc) is 3.25. The van der Waals surface area contributed by atoms with Crippen LogP contribution in [0.15, 0.2) is 11.4 Å². The SMILES string of the molecule is Cn1nc(C(C)(C)C)cc1NC(=O)NCc1csc(N2CCCC2)n1. The van der Waals surface area contributed by atoms with Crippen molar-refractivity contribution in [2.24, 2.45) is 7.05 Å². The van der Waals surface area contributed by atoms with E-state index < -0.39 is 0 Å². The molecule has 0 atom stereocenters. The molecule has 1 saturated heterocycles. The predicted molar refractivity (Wildman–Crippen MR) is 101 cm³/mol. The third-order valence-electron chi connectivity index (χ3n) is 4.24. The molecule has 0 saturated carbocycles. The van der Waals surface area contributed by atoms with Crippen LogP contribution in [0.2, 0.25) is 0 Å². The van der Waals surface area contributed by atoms with Gasteiger partial charge >= 0.3 is 6.03 Å². The van der Waals surface area contributed by atoms with E-state index >= 15 is 0 Å². The monoisotopic (exact) mass is 362 g/mol. The van der Waals surface area contributed by atoms with Crippen molar-refractivity contribution in [1.82, 2.24) is 20.1 Å². The fraction of sp³-hybridized carbons (Fsp3) is 0.588. The number of aryl methyl sites for hydroxylation is 1. The molecule has 2 amide bonds. The number of anilines is 2. The number of hydrogen-bond donors (Lipinski definition) is 2. The Bertz CT molecular complexity index is 739. The number of rotatable bonds is 4. The number of nitrogens with zero attached hydrogens (tertiary/aromatic N) is 4. The lowest BCUT2D eigenvalue weighted by Gasteiger charge is -2.13. The standard InChI is InChI=1S/C17H26N6OS/c1-17(2,3)13-9-14(22(4)21-13)20-15(24)18-10-12-11-25-16(19-12)23-7-5-6-8-23/h9,11H,5-8,10H2,1-4H3,(H2,18,20,24). The number of urea groups is 1. The third-order valence-corrected chi connectivity index (χ3v) is 5.19. The van der Waals surface area contributed by atoms with Crippen LogP contribution in [0.25, 0.3) is 0 Å². The summed E-state index contributed by atoms with van der Waals surface area (Å²) in [5, 5.41) is 13.2. The first kappa shape index (κ1) is 17.7. The summed E-state index contributed by atoms with van der Waals surface area (Å²) in [7, 11) is 1.83. The molecule has 3 rings (SSSR count). The molecule has 1 fully saturated rings. The Morgan fingerprint density at radius 2 is 2.04 bits per heavy atom. The van der Waals surface area contributed by atoms with Crippen LogP contribution in [0.5, 0.6) is 0 Å². The highest BCUT2D eigenvalue weighted by molar-refractivity contribution is 7.13. The zero-order chi connectivity index (χ0) is 18.0. The molecular formula is C17H26N6OS. The molecule has 2 aromatic rings. The van der Waals surface area contributed by atoms with Gasteiger partial charge in [0.1, 0.15) is 5.82 Å². The van der Waals surface area contributed by atoms with Crippen LogP contribution >= 0.6 is 11.3 Å². The molecule has 2 aromatic heterocycles. The Kier molecular flexibility index (Phi) is 4.99. The van der Waals surface area contributed by atoms with Crippen molar-refractivity contribution in [2.45, 2.75) is 45.6 Å². The van der Waals surface area contributed by atoms with Crippen LogP contribution in [0.4, 0.5) is 15.7 Å². The van der Waals surface area contributed by atoms with Gasteiger partial charge in [-0.05, 0) is 12.8 Å². The van der Waals surface area contributed by atoms with Gasteiger partial charge in [0.05, 0.1) is 17.9 Å². The Morgan fingerprint density at radius 3 is 2.68 bits per heavy atom. The van der Waals surface area contributed by atoms with Gasteiger partial charge < -0.3 is 10.2 Å². The van der Waals surface area contributed by atoms with E-state index in [4.69, 9.17) is 0 Å². The lowest BCUT2D eigenvalue weighted by molar-refractivity contribution is 0.251. The van der Waals surface area contributed by atoms with E-state index in [9.17, 15) is 4.79 Å². The van der Waals surface area contributed by atoms with Crippen molar-refractivity contribution in [2.75, 3.05) is 23.3 Å². The second-order valence-electron chi connectivity index (χ2n) is 7.41. The molecule has 0 radical (unpaired) electrons. The normalized spacial score (nSPS) is 14.8. The molecule has 1 aliphatic rings. The zero-order valence-electron chi connectivity index (χ0n) is 15.3. The van der Waals surface area contributed by atoms with Gasteiger partial charge in [-0.15, -0.1) is 11.3 Å². The van der Waals surface area contributed by atoms with E-state index in [-0.39, 0.29) is 11.4 Å². The summed E-state index contributed by atoms with van der Waals surface area (Å²) < 4.78 is 1.69. The number of carbonyl (C=O) groups is 1. The third kappa shape index (κ3) is 4.31. The van der Waals surface area contributed by atoms with Gasteiger partial charge in [0.15, 0.2) is 5.13 Å². The van der Waals surface area contributed by atoms with Crippen molar-refractivity contribution in [1.29, 1.82) is 0 Å². The molecule has 0 bridgehead atoms. The summed E-state index contributed by atoms with van der Waals surface area (Å²) >= 11 is 1.64. The van der Waals surface area contributed by atoms with E-state index in [1.807, 2.05) is 18.5 Å². The number of aromatic nitrogens is 3. The highest BCUT2D eigenvalue weighted by Crippen LogP contribution is 2.25. The average molecular weight is 363 g/mol. The second kappa shape index (κ2) is 7.03. The summed E-state index contributed by atoms with van der Waals surface area (Å²) in [4.78, 5) is 19.1. The minimum Gasteiger partial charge on any atom is -0.348 e. The first-order chi connectivity index (χ1) is 11.8. The molecule has 0 aliphatic carbocycles. The van der Waals surface area contributed by atoms with Crippen LogP contribution in [-0.2, 0) is 19.0 Å². The highest BCUT2D eigenvalue weighted by Gasteiger charge is 2.20. The van der Waals surface area contributed by atoms with Crippen molar-refractivity contribution in [3.8, 4) is 0 Å². The summed E-state index contributed by atoms with van der Waals surface area (Å²) in [6.07, 6.45) is 2.47.